The molecule has 5 nitrogen and oxygen atoms in total. The van der Waals surface area contributed by atoms with Gasteiger partial charge in [0.2, 0.25) is 0 Å². The van der Waals surface area contributed by atoms with Gasteiger partial charge in [0.15, 0.2) is 0 Å². The lowest BCUT2D eigenvalue weighted by Crippen LogP contribution is -2.12. The minimum atomic E-state index is -0.401. The summed E-state index contributed by atoms with van der Waals surface area (Å²) in [5.41, 5.74) is 0.774. The molecule has 0 unspecified atom stereocenters. The van der Waals surface area contributed by atoms with Crippen LogP contribution < -0.4 is 10.1 Å². The van der Waals surface area contributed by atoms with Crippen LogP contribution >= 0.6 is 0 Å². The molecule has 1 amide bonds. The van der Waals surface area contributed by atoms with Crippen LogP contribution in [0.2, 0.25) is 0 Å². The minimum Gasteiger partial charge on any atom is -0.505 e. The number of anilines is 1. The van der Waals surface area contributed by atoms with E-state index in [9.17, 15) is 9.90 Å². The van der Waals surface area contributed by atoms with E-state index in [1.54, 1.807) is 24.3 Å². The number of para-hydroxylation sites is 1. The van der Waals surface area contributed by atoms with Crippen molar-refractivity contribution in [1.82, 2.24) is 4.98 Å². The van der Waals surface area contributed by atoms with Gasteiger partial charge in [-0.05, 0) is 42.5 Å². The summed E-state index contributed by atoms with van der Waals surface area (Å²) in [5, 5.41) is 12.3. The van der Waals surface area contributed by atoms with Crippen molar-refractivity contribution in [3.05, 3.63) is 78.6 Å². The summed E-state index contributed by atoms with van der Waals surface area (Å²) in [5.74, 6) is 0.850. The fourth-order valence-electron chi connectivity index (χ4n) is 2.01. The molecule has 1 heterocycles. The monoisotopic (exact) mass is 306 g/mol. The van der Waals surface area contributed by atoms with Gasteiger partial charge in [0.25, 0.3) is 5.91 Å². The van der Waals surface area contributed by atoms with Crippen molar-refractivity contribution in [2.75, 3.05) is 5.32 Å². The third-order valence-electron chi connectivity index (χ3n) is 3.14. The van der Waals surface area contributed by atoms with Gasteiger partial charge < -0.3 is 15.2 Å². The SMILES string of the molecule is O=C(Nc1ccc(Oc2ccccc2)cc1)c1ccncc1O. The summed E-state index contributed by atoms with van der Waals surface area (Å²) in [6.45, 7) is 0. The van der Waals surface area contributed by atoms with Crippen LogP contribution in [0.15, 0.2) is 73.1 Å². The number of amides is 1. The number of carbonyl (C=O) groups is 1. The zero-order chi connectivity index (χ0) is 16.1. The summed E-state index contributed by atoms with van der Waals surface area (Å²) in [6.07, 6.45) is 2.68. The lowest BCUT2D eigenvalue weighted by Gasteiger charge is -2.08. The summed E-state index contributed by atoms with van der Waals surface area (Å²) in [7, 11) is 0. The van der Waals surface area contributed by atoms with Crippen LogP contribution in [0.5, 0.6) is 17.2 Å². The molecular weight excluding hydrogens is 292 g/mol. The average molecular weight is 306 g/mol. The van der Waals surface area contributed by atoms with Gasteiger partial charge in [0.05, 0.1) is 11.8 Å². The normalized spacial score (nSPS) is 10.1. The van der Waals surface area contributed by atoms with E-state index in [1.165, 1.54) is 18.5 Å². The molecule has 1 aromatic heterocycles. The van der Waals surface area contributed by atoms with Gasteiger partial charge in [-0.15, -0.1) is 0 Å². The van der Waals surface area contributed by atoms with Gasteiger partial charge in [-0.3, -0.25) is 9.78 Å². The fourth-order valence-corrected chi connectivity index (χ4v) is 2.01. The molecular formula is C18H14N2O3. The highest BCUT2D eigenvalue weighted by Gasteiger charge is 2.10. The second-order valence-corrected chi connectivity index (χ2v) is 4.79. The van der Waals surface area contributed by atoms with Gasteiger partial charge in [-0.1, -0.05) is 18.2 Å². The van der Waals surface area contributed by atoms with Gasteiger partial charge >= 0.3 is 0 Å². The predicted octanol–water partition coefficient (Wildman–Crippen LogP) is 3.83. The van der Waals surface area contributed by atoms with Crippen LogP contribution in [-0.2, 0) is 0 Å². The maximum atomic E-state index is 12.1. The molecule has 23 heavy (non-hydrogen) atoms. The molecule has 0 spiro atoms. The Morgan fingerprint density at radius 2 is 1.65 bits per heavy atom. The first-order valence-electron chi connectivity index (χ1n) is 7.00. The molecule has 3 rings (SSSR count). The summed E-state index contributed by atoms with van der Waals surface area (Å²) in [4.78, 5) is 15.8. The summed E-state index contributed by atoms with van der Waals surface area (Å²) >= 11 is 0. The molecule has 114 valence electrons. The Hall–Kier alpha value is -3.34. The van der Waals surface area contributed by atoms with Crippen LogP contribution in [0.25, 0.3) is 0 Å². The van der Waals surface area contributed by atoms with Gasteiger partial charge in [0.1, 0.15) is 17.2 Å². The summed E-state index contributed by atoms with van der Waals surface area (Å²) < 4.78 is 5.68. The predicted molar refractivity (Wildman–Crippen MR) is 86.8 cm³/mol. The second-order valence-electron chi connectivity index (χ2n) is 4.79. The number of carbonyl (C=O) groups excluding carboxylic acids is 1. The Labute approximate surface area is 133 Å². The fraction of sp³-hybridized carbons (Fsp3) is 0. The number of nitrogens with zero attached hydrogens (tertiary/aromatic N) is 1. The third-order valence-corrected chi connectivity index (χ3v) is 3.14. The Morgan fingerprint density at radius 3 is 2.35 bits per heavy atom. The quantitative estimate of drug-likeness (QED) is 0.768. The zero-order valence-electron chi connectivity index (χ0n) is 12.1. The van der Waals surface area contributed by atoms with Gasteiger partial charge in [-0.2, -0.15) is 0 Å². The van der Waals surface area contributed by atoms with Crippen LogP contribution in [0.3, 0.4) is 0 Å². The molecule has 0 saturated heterocycles. The van der Waals surface area contributed by atoms with E-state index in [1.807, 2.05) is 30.3 Å². The first-order chi connectivity index (χ1) is 11.2. The maximum Gasteiger partial charge on any atom is 0.259 e. The van der Waals surface area contributed by atoms with E-state index in [0.717, 1.165) is 5.75 Å². The molecule has 3 aromatic rings. The number of pyridine rings is 1. The standard InChI is InChI=1S/C18H14N2O3/c21-17-12-19-11-10-16(17)18(22)20-13-6-8-15(9-7-13)23-14-4-2-1-3-5-14/h1-12,21H,(H,20,22). The lowest BCUT2D eigenvalue weighted by atomic mass is 10.2. The number of benzene rings is 2. The molecule has 0 bridgehead atoms. The Bertz CT molecular complexity index is 802. The van der Waals surface area contributed by atoms with Crippen molar-refractivity contribution in [2.24, 2.45) is 0 Å². The van der Waals surface area contributed by atoms with Crippen LogP contribution in [0.1, 0.15) is 10.4 Å². The third kappa shape index (κ3) is 3.65. The number of aromatic nitrogens is 1. The van der Waals surface area contributed by atoms with Crippen molar-refractivity contribution >= 4 is 11.6 Å². The molecule has 0 aliphatic carbocycles. The highest BCUT2D eigenvalue weighted by molar-refractivity contribution is 6.05. The van der Waals surface area contributed by atoms with Gasteiger partial charge in [-0.25, -0.2) is 0 Å². The molecule has 0 saturated carbocycles. The van der Waals surface area contributed by atoms with Crippen LogP contribution in [0.4, 0.5) is 5.69 Å². The highest BCUT2D eigenvalue weighted by Crippen LogP contribution is 2.23. The zero-order valence-corrected chi connectivity index (χ0v) is 12.1. The molecule has 0 atom stereocenters. The topological polar surface area (TPSA) is 71.5 Å². The molecule has 0 radical (unpaired) electrons. The molecule has 0 fully saturated rings. The van der Waals surface area contributed by atoms with Crippen LogP contribution in [0, 0.1) is 0 Å². The van der Waals surface area contributed by atoms with E-state index in [2.05, 4.69) is 10.3 Å². The van der Waals surface area contributed by atoms with E-state index < -0.39 is 5.91 Å². The van der Waals surface area contributed by atoms with Crippen molar-refractivity contribution in [1.29, 1.82) is 0 Å². The Morgan fingerprint density at radius 1 is 0.957 bits per heavy atom. The lowest BCUT2D eigenvalue weighted by molar-refractivity contribution is 0.102. The van der Waals surface area contributed by atoms with E-state index in [-0.39, 0.29) is 11.3 Å². The molecule has 5 heteroatoms. The van der Waals surface area contributed by atoms with E-state index >= 15 is 0 Å². The number of ether oxygens (including phenoxy) is 1. The van der Waals surface area contributed by atoms with Gasteiger partial charge in [0, 0.05) is 11.9 Å². The second kappa shape index (κ2) is 6.62. The van der Waals surface area contributed by atoms with Crippen molar-refractivity contribution in [2.45, 2.75) is 0 Å². The molecule has 2 aromatic carbocycles. The molecule has 2 N–H and O–H groups in total. The smallest absolute Gasteiger partial charge is 0.259 e. The highest BCUT2D eigenvalue weighted by atomic mass is 16.5. The number of hydrogen-bond donors (Lipinski definition) is 2. The average Bonchev–Trinajstić information content (AvgIpc) is 2.58. The maximum absolute atomic E-state index is 12.1. The molecule has 0 aliphatic rings. The number of aromatic hydroxyl groups is 1. The number of hydrogen-bond acceptors (Lipinski definition) is 4. The first-order valence-corrected chi connectivity index (χ1v) is 7.00. The minimum absolute atomic E-state index is 0.158. The number of rotatable bonds is 4. The molecule has 0 aliphatic heterocycles. The summed E-state index contributed by atoms with van der Waals surface area (Å²) in [6, 6.07) is 17.9. The van der Waals surface area contributed by atoms with Crippen molar-refractivity contribution < 1.29 is 14.6 Å². The van der Waals surface area contributed by atoms with E-state index in [0.29, 0.717) is 11.4 Å². The van der Waals surface area contributed by atoms with E-state index in [4.69, 9.17) is 4.74 Å². The van der Waals surface area contributed by atoms with Crippen molar-refractivity contribution in [3.8, 4) is 17.2 Å². The number of nitrogens with one attached hydrogen (secondary N) is 1. The Balaban J connectivity index is 1.68. The van der Waals surface area contributed by atoms with Crippen LogP contribution in [-0.4, -0.2) is 16.0 Å². The first kappa shape index (κ1) is 14.6. The largest absolute Gasteiger partial charge is 0.505 e. The Kier molecular flexibility index (Phi) is 4.20. The van der Waals surface area contributed by atoms with Crippen molar-refractivity contribution in [3.63, 3.8) is 0 Å².